The molecule has 0 atom stereocenters. The van der Waals surface area contributed by atoms with Gasteiger partial charge >= 0.3 is 0 Å². The van der Waals surface area contributed by atoms with Crippen LogP contribution >= 0.6 is 0 Å². The number of aliphatic imine (C=N–C) groups is 1. The number of amidine groups is 2. The summed E-state index contributed by atoms with van der Waals surface area (Å²) in [4.78, 5) is 13.2. The minimum absolute atomic E-state index is 0.0255. The van der Waals surface area contributed by atoms with Gasteiger partial charge in [-0.05, 0) is 0 Å². The molecule has 6 N–H and O–H groups in total. The Morgan fingerprint density at radius 1 is 1.82 bits per heavy atom. The van der Waals surface area contributed by atoms with E-state index in [9.17, 15) is 4.79 Å². The number of amides is 1. The normalized spacial score (nSPS) is 10.6. The summed E-state index contributed by atoms with van der Waals surface area (Å²) < 4.78 is 0. The molecular weight excluding hydrogens is 148 g/mol. The number of carbonyl (C=O) groups excluding carboxylic acids is 1. The molecule has 0 aliphatic heterocycles. The molecule has 0 bridgehead atoms. The number of rotatable bonds is 1. The van der Waals surface area contributed by atoms with Gasteiger partial charge in [-0.2, -0.15) is 4.99 Å². The van der Waals surface area contributed by atoms with Gasteiger partial charge in [0.2, 0.25) is 6.41 Å². The lowest BCUT2D eigenvalue weighted by molar-refractivity contribution is -0.106. The first-order valence-corrected chi connectivity index (χ1v) is 2.69. The predicted molar refractivity (Wildman–Crippen MR) is 40.5 cm³/mol. The Morgan fingerprint density at radius 3 is 2.64 bits per heavy atom. The zero-order chi connectivity index (χ0) is 8.85. The zero-order valence-corrected chi connectivity index (χ0v) is 6.03. The largest absolute Gasteiger partial charge is 0.306 e. The van der Waals surface area contributed by atoms with Crippen LogP contribution in [0.25, 0.3) is 0 Å². The molecule has 7 nitrogen and oxygen atoms in total. The number of nitrogens with two attached hydrogens (primary N) is 2. The molecule has 0 aromatic rings. The molecule has 1 amide bonds. The Morgan fingerprint density at radius 2 is 2.36 bits per heavy atom. The average molecular weight is 158 g/mol. The molecule has 0 unspecified atom stereocenters. The maximum Gasteiger partial charge on any atom is 0.235 e. The van der Waals surface area contributed by atoms with E-state index in [0.717, 1.165) is 5.01 Å². The minimum Gasteiger partial charge on any atom is -0.306 e. The quantitative estimate of drug-likeness (QED) is 0.113. The van der Waals surface area contributed by atoms with Crippen LogP contribution in [0.1, 0.15) is 0 Å². The van der Waals surface area contributed by atoms with Crippen LogP contribution in [0.2, 0.25) is 0 Å². The number of nitrogens with zero attached hydrogens (tertiary/aromatic N) is 2. The van der Waals surface area contributed by atoms with E-state index >= 15 is 0 Å². The van der Waals surface area contributed by atoms with Crippen LogP contribution in [0.4, 0.5) is 0 Å². The van der Waals surface area contributed by atoms with Crippen molar-refractivity contribution < 1.29 is 4.79 Å². The maximum absolute atomic E-state index is 9.91. The summed E-state index contributed by atoms with van der Waals surface area (Å²) in [5.74, 6) is 9.85. The van der Waals surface area contributed by atoms with Crippen LogP contribution in [-0.4, -0.2) is 30.1 Å². The lowest BCUT2D eigenvalue weighted by atomic mass is 10.5. The molecule has 0 aliphatic rings. The molecule has 0 aromatic carbocycles. The Labute approximate surface area is 63.5 Å². The third-order valence-corrected chi connectivity index (χ3v) is 0.877. The van der Waals surface area contributed by atoms with Crippen molar-refractivity contribution in [2.45, 2.75) is 0 Å². The van der Waals surface area contributed by atoms with Gasteiger partial charge < -0.3 is 5.43 Å². The summed E-state index contributed by atoms with van der Waals surface area (Å²) in [6, 6.07) is 0. The van der Waals surface area contributed by atoms with E-state index in [2.05, 4.69) is 4.99 Å². The van der Waals surface area contributed by atoms with Gasteiger partial charge in [0.25, 0.3) is 0 Å². The molecule has 0 rings (SSSR count). The molecule has 0 fully saturated rings. The summed E-state index contributed by atoms with van der Waals surface area (Å²) in [5.41, 5.74) is 2.00. The van der Waals surface area contributed by atoms with Crippen LogP contribution in [0.5, 0.6) is 0 Å². The molecule has 0 heterocycles. The molecule has 7 heteroatoms. The predicted octanol–water partition coefficient (Wildman–Crippen LogP) is -2.21. The average Bonchev–Trinajstić information content (AvgIpc) is 1.98. The summed E-state index contributed by atoms with van der Waals surface area (Å²) in [6.45, 7) is 0. The van der Waals surface area contributed by atoms with E-state index in [1.165, 1.54) is 7.05 Å². The summed E-state index contributed by atoms with van der Waals surface area (Å²) in [7, 11) is 1.44. The van der Waals surface area contributed by atoms with Crippen molar-refractivity contribution in [3.05, 3.63) is 0 Å². The molecule has 0 aliphatic carbocycles. The van der Waals surface area contributed by atoms with Gasteiger partial charge in [-0.1, -0.05) is 0 Å². The van der Waals surface area contributed by atoms with Crippen molar-refractivity contribution in [2.24, 2.45) is 16.7 Å². The molecule has 11 heavy (non-hydrogen) atoms. The highest BCUT2D eigenvalue weighted by molar-refractivity contribution is 6.39. The Hall–Kier alpha value is -1.47. The van der Waals surface area contributed by atoms with Crippen molar-refractivity contribution in [3.8, 4) is 0 Å². The molecule has 0 spiro atoms. The second kappa shape index (κ2) is 4.36. The molecule has 0 saturated heterocycles. The maximum atomic E-state index is 9.91. The topological polar surface area (TPSA) is 121 Å². The molecule has 62 valence electrons. The van der Waals surface area contributed by atoms with Crippen molar-refractivity contribution in [3.63, 3.8) is 0 Å². The first-order valence-electron chi connectivity index (χ1n) is 2.69. The standard InChI is InChI=1S/C4H10N6O/c1-10(7)4(8-2-11)3(5)9-6/h2H,6-7H2,1H3,(H2,5,9). The van der Waals surface area contributed by atoms with Gasteiger partial charge in [-0.25, -0.2) is 11.7 Å². The summed E-state index contributed by atoms with van der Waals surface area (Å²) in [6.07, 6.45) is 0.282. The van der Waals surface area contributed by atoms with Gasteiger partial charge in [0.1, 0.15) is 0 Å². The van der Waals surface area contributed by atoms with Gasteiger partial charge in [-0.15, -0.1) is 0 Å². The number of likely N-dealkylation sites (N-methyl/N-ethyl adjacent to an activating group) is 1. The third-order valence-electron chi connectivity index (χ3n) is 0.877. The van der Waals surface area contributed by atoms with E-state index in [4.69, 9.17) is 17.1 Å². The second-order valence-corrected chi connectivity index (χ2v) is 1.69. The Kier molecular flexibility index (Phi) is 3.78. The van der Waals surface area contributed by atoms with E-state index in [1.807, 2.05) is 5.43 Å². The second-order valence-electron chi connectivity index (χ2n) is 1.69. The van der Waals surface area contributed by atoms with Crippen LogP contribution < -0.4 is 17.1 Å². The first-order chi connectivity index (χ1) is 5.13. The monoisotopic (exact) mass is 158 g/mol. The number of hydrogen-bond acceptors (Lipinski definition) is 4. The third kappa shape index (κ3) is 2.74. The lowest BCUT2D eigenvalue weighted by Crippen LogP contribution is -2.46. The molecule has 0 radical (unpaired) electrons. The van der Waals surface area contributed by atoms with Crippen molar-refractivity contribution >= 4 is 18.1 Å². The van der Waals surface area contributed by atoms with Gasteiger partial charge in [0.15, 0.2) is 11.7 Å². The molecule has 0 aromatic heterocycles. The highest BCUT2D eigenvalue weighted by Crippen LogP contribution is 1.79. The van der Waals surface area contributed by atoms with E-state index in [1.54, 1.807) is 0 Å². The first kappa shape index (κ1) is 9.53. The summed E-state index contributed by atoms with van der Waals surface area (Å²) in [5, 5.41) is 8.09. The fraction of sp³-hybridized carbons (Fsp3) is 0.250. The highest BCUT2D eigenvalue weighted by Gasteiger charge is 2.07. The minimum atomic E-state index is -0.220. The van der Waals surface area contributed by atoms with Crippen LogP contribution in [0.15, 0.2) is 4.99 Å². The number of hydrogen-bond donors (Lipinski definition) is 4. The molecular formula is C4H10N6O. The number of carbonyl (C=O) groups is 1. The van der Waals surface area contributed by atoms with Gasteiger partial charge in [0.05, 0.1) is 0 Å². The lowest BCUT2D eigenvalue weighted by Gasteiger charge is -2.13. The van der Waals surface area contributed by atoms with Crippen LogP contribution in [0, 0.1) is 5.41 Å². The van der Waals surface area contributed by atoms with E-state index in [-0.39, 0.29) is 18.1 Å². The van der Waals surface area contributed by atoms with Crippen LogP contribution in [0.3, 0.4) is 0 Å². The Bertz CT molecular complexity index is 185. The van der Waals surface area contributed by atoms with E-state index < -0.39 is 0 Å². The van der Waals surface area contributed by atoms with Crippen molar-refractivity contribution in [1.29, 1.82) is 5.41 Å². The SMILES string of the molecule is CN(N)C(=NC=O)C(=N)NN. The summed E-state index contributed by atoms with van der Waals surface area (Å²) >= 11 is 0. The van der Waals surface area contributed by atoms with Crippen molar-refractivity contribution in [1.82, 2.24) is 10.4 Å². The fourth-order valence-corrected chi connectivity index (χ4v) is 0.446. The zero-order valence-electron chi connectivity index (χ0n) is 6.03. The van der Waals surface area contributed by atoms with Crippen molar-refractivity contribution in [2.75, 3.05) is 7.05 Å². The highest BCUT2D eigenvalue weighted by atomic mass is 16.1. The van der Waals surface area contributed by atoms with E-state index in [0.29, 0.717) is 0 Å². The van der Waals surface area contributed by atoms with Gasteiger partial charge in [-0.3, -0.25) is 15.2 Å². The van der Waals surface area contributed by atoms with Gasteiger partial charge in [0, 0.05) is 7.05 Å². The Balaban J connectivity index is 4.47. The number of nitrogens with one attached hydrogen (secondary N) is 2. The van der Waals surface area contributed by atoms with Crippen LogP contribution in [-0.2, 0) is 4.79 Å². The number of hydrazine groups is 2. The fourth-order valence-electron chi connectivity index (χ4n) is 0.446. The molecule has 0 saturated carbocycles. The smallest absolute Gasteiger partial charge is 0.235 e.